The maximum absolute atomic E-state index is 10.9. The van der Waals surface area contributed by atoms with Crippen LogP contribution in [0, 0.1) is 6.92 Å². The normalized spacial score (nSPS) is 15.4. The average molecular weight is 310 g/mol. The molecule has 0 aromatic heterocycles. The maximum Gasteiger partial charge on any atom is 0.335 e. The minimum Gasteiger partial charge on any atom is -0.493 e. The van der Waals surface area contributed by atoms with E-state index in [1.165, 1.54) is 0 Å². The summed E-state index contributed by atoms with van der Waals surface area (Å²) in [5.41, 5.74) is 7.11. The summed E-state index contributed by atoms with van der Waals surface area (Å²) in [6, 6.07) is 12.6. The predicted octanol–water partition coefficient (Wildman–Crippen LogP) is 3.68. The number of nitrogens with one attached hydrogen (secondary N) is 1. The Labute approximate surface area is 134 Å². The molecule has 2 N–H and O–H groups in total. The van der Waals surface area contributed by atoms with Crippen LogP contribution >= 0.6 is 0 Å². The molecule has 2 aromatic rings. The molecule has 0 bridgehead atoms. The molecule has 0 atom stereocenters. The fourth-order valence-corrected chi connectivity index (χ4v) is 2.48. The zero-order chi connectivity index (χ0) is 16.2. The first-order valence-electron chi connectivity index (χ1n) is 7.53. The molecule has 5 heteroatoms. The van der Waals surface area contributed by atoms with Crippen molar-refractivity contribution < 1.29 is 14.6 Å². The minimum absolute atomic E-state index is 0.256. The first-order chi connectivity index (χ1) is 11.1. The summed E-state index contributed by atoms with van der Waals surface area (Å²) in [6.45, 7) is 2.72. The summed E-state index contributed by atoms with van der Waals surface area (Å²) in [6.07, 6.45) is 1.74. The second kappa shape index (κ2) is 6.52. The van der Waals surface area contributed by atoms with Crippen LogP contribution in [0.5, 0.6) is 5.75 Å². The molecular formula is C18H18N2O3. The molecule has 2 aromatic carbocycles. The van der Waals surface area contributed by atoms with Gasteiger partial charge in [0.2, 0.25) is 0 Å². The number of hydrogen-bond donors (Lipinski definition) is 2. The number of rotatable bonds is 3. The number of anilines is 1. The number of hydrazone groups is 1. The third kappa shape index (κ3) is 3.51. The van der Waals surface area contributed by atoms with Crippen molar-refractivity contribution in [2.75, 3.05) is 12.0 Å². The molecule has 118 valence electrons. The number of aryl methyl sites for hydroxylation is 1. The number of hydrogen-bond acceptors (Lipinski definition) is 4. The zero-order valence-corrected chi connectivity index (χ0v) is 12.9. The quantitative estimate of drug-likeness (QED) is 0.848. The average Bonchev–Trinajstić information content (AvgIpc) is 2.75. The van der Waals surface area contributed by atoms with Crippen LogP contribution in [0.15, 0.2) is 47.6 Å². The summed E-state index contributed by atoms with van der Waals surface area (Å²) in [4.78, 5) is 10.9. The molecule has 0 amide bonds. The molecule has 0 saturated carbocycles. The molecule has 0 radical (unpaired) electrons. The maximum atomic E-state index is 10.9. The van der Waals surface area contributed by atoms with E-state index in [0.29, 0.717) is 6.61 Å². The molecule has 3 rings (SSSR count). The molecule has 23 heavy (non-hydrogen) atoms. The van der Waals surface area contributed by atoms with Crippen LogP contribution < -0.4 is 10.2 Å². The Morgan fingerprint density at radius 1 is 1.22 bits per heavy atom. The van der Waals surface area contributed by atoms with Crippen LogP contribution in [0.2, 0.25) is 0 Å². The predicted molar refractivity (Wildman–Crippen MR) is 89.5 cm³/mol. The standard InChI is InChI=1S/C18H18N2O3/c1-12-4-9-15-16(3-2-10-23-17(15)11-12)20-19-14-7-5-13(6-8-14)18(21)22/h4-9,11,19H,2-3,10H2,1H3,(H,21,22)/b20-16-. The molecule has 1 heterocycles. The SMILES string of the molecule is Cc1ccc2c(c1)OCCC/C2=N/Nc1ccc(C(=O)O)cc1. The van der Waals surface area contributed by atoms with Gasteiger partial charge >= 0.3 is 5.97 Å². The summed E-state index contributed by atoms with van der Waals surface area (Å²) < 4.78 is 5.78. The summed E-state index contributed by atoms with van der Waals surface area (Å²) in [5.74, 6) is -0.0719. The number of carbonyl (C=O) groups is 1. The monoisotopic (exact) mass is 310 g/mol. The van der Waals surface area contributed by atoms with Gasteiger partial charge in [0, 0.05) is 5.56 Å². The van der Waals surface area contributed by atoms with Crippen LogP contribution in [-0.4, -0.2) is 23.4 Å². The lowest BCUT2D eigenvalue weighted by Gasteiger charge is -2.09. The number of benzene rings is 2. The second-order valence-electron chi connectivity index (χ2n) is 5.50. The van der Waals surface area contributed by atoms with E-state index in [9.17, 15) is 4.79 Å². The van der Waals surface area contributed by atoms with Crippen molar-refractivity contribution >= 4 is 17.4 Å². The van der Waals surface area contributed by atoms with Gasteiger partial charge in [0.05, 0.1) is 23.6 Å². The van der Waals surface area contributed by atoms with Crippen molar-refractivity contribution in [2.45, 2.75) is 19.8 Å². The van der Waals surface area contributed by atoms with Crippen molar-refractivity contribution in [3.8, 4) is 5.75 Å². The van der Waals surface area contributed by atoms with E-state index in [-0.39, 0.29) is 5.56 Å². The lowest BCUT2D eigenvalue weighted by molar-refractivity contribution is 0.0697. The van der Waals surface area contributed by atoms with E-state index in [2.05, 4.69) is 10.5 Å². The van der Waals surface area contributed by atoms with E-state index >= 15 is 0 Å². The fourth-order valence-electron chi connectivity index (χ4n) is 2.48. The van der Waals surface area contributed by atoms with Crippen molar-refractivity contribution in [1.82, 2.24) is 0 Å². The van der Waals surface area contributed by atoms with Crippen LogP contribution in [0.1, 0.15) is 34.3 Å². The van der Waals surface area contributed by atoms with Gasteiger partial charge in [-0.05, 0) is 61.7 Å². The third-order valence-corrected chi connectivity index (χ3v) is 3.72. The number of nitrogens with zero attached hydrogens (tertiary/aromatic N) is 1. The van der Waals surface area contributed by atoms with Crippen molar-refractivity contribution in [3.63, 3.8) is 0 Å². The smallest absolute Gasteiger partial charge is 0.335 e. The number of aromatic carboxylic acids is 1. The highest BCUT2D eigenvalue weighted by Gasteiger charge is 2.15. The van der Waals surface area contributed by atoms with E-state index in [0.717, 1.165) is 41.1 Å². The Balaban J connectivity index is 1.83. The molecule has 0 aliphatic carbocycles. The van der Waals surface area contributed by atoms with Crippen LogP contribution in [-0.2, 0) is 0 Å². The molecule has 0 saturated heterocycles. The lowest BCUT2D eigenvalue weighted by Crippen LogP contribution is -2.04. The van der Waals surface area contributed by atoms with Crippen molar-refractivity contribution in [3.05, 3.63) is 59.2 Å². The first-order valence-corrected chi connectivity index (χ1v) is 7.53. The van der Waals surface area contributed by atoms with E-state index in [1.54, 1.807) is 24.3 Å². The molecule has 0 unspecified atom stereocenters. The van der Waals surface area contributed by atoms with Gasteiger partial charge in [-0.1, -0.05) is 6.07 Å². The largest absolute Gasteiger partial charge is 0.493 e. The summed E-state index contributed by atoms with van der Waals surface area (Å²) in [5, 5.41) is 13.4. The Morgan fingerprint density at radius 2 is 2.00 bits per heavy atom. The molecule has 1 aliphatic rings. The summed E-state index contributed by atoms with van der Waals surface area (Å²) >= 11 is 0. The van der Waals surface area contributed by atoms with Crippen molar-refractivity contribution in [2.24, 2.45) is 5.10 Å². The van der Waals surface area contributed by atoms with Crippen LogP contribution in [0.3, 0.4) is 0 Å². The zero-order valence-electron chi connectivity index (χ0n) is 12.9. The fraction of sp³-hybridized carbons (Fsp3) is 0.222. The number of ether oxygens (including phenoxy) is 1. The highest BCUT2D eigenvalue weighted by molar-refractivity contribution is 6.03. The highest BCUT2D eigenvalue weighted by atomic mass is 16.5. The van der Waals surface area contributed by atoms with Crippen molar-refractivity contribution in [1.29, 1.82) is 0 Å². The number of fused-ring (bicyclic) bond motifs is 1. The molecule has 1 aliphatic heterocycles. The van der Waals surface area contributed by atoms with Gasteiger partial charge in [0.15, 0.2) is 0 Å². The van der Waals surface area contributed by atoms with Gasteiger partial charge in [0.25, 0.3) is 0 Å². The van der Waals surface area contributed by atoms with Gasteiger partial charge in [-0.15, -0.1) is 0 Å². The molecule has 0 spiro atoms. The van der Waals surface area contributed by atoms with Gasteiger partial charge < -0.3 is 9.84 Å². The highest BCUT2D eigenvalue weighted by Crippen LogP contribution is 2.26. The van der Waals surface area contributed by atoms with Gasteiger partial charge in [-0.25, -0.2) is 4.79 Å². The van der Waals surface area contributed by atoms with Gasteiger partial charge in [-0.2, -0.15) is 5.10 Å². The van der Waals surface area contributed by atoms with Crippen LogP contribution in [0.4, 0.5) is 5.69 Å². The number of carboxylic acid groups (broad SMARTS) is 1. The molecule has 0 fully saturated rings. The molecular weight excluding hydrogens is 292 g/mol. The topological polar surface area (TPSA) is 70.9 Å². The second-order valence-corrected chi connectivity index (χ2v) is 5.50. The summed E-state index contributed by atoms with van der Waals surface area (Å²) in [7, 11) is 0. The van der Waals surface area contributed by atoms with E-state index in [1.807, 2.05) is 25.1 Å². The minimum atomic E-state index is -0.937. The number of carboxylic acids is 1. The van der Waals surface area contributed by atoms with Gasteiger partial charge in [-0.3, -0.25) is 5.43 Å². The van der Waals surface area contributed by atoms with E-state index in [4.69, 9.17) is 9.84 Å². The Bertz CT molecular complexity index is 751. The lowest BCUT2D eigenvalue weighted by atomic mass is 10.0. The van der Waals surface area contributed by atoms with E-state index < -0.39 is 5.97 Å². The van der Waals surface area contributed by atoms with Crippen LogP contribution in [0.25, 0.3) is 0 Å². The molecule has 5 nitrogen and oxygen atoms in total. The third-order valence-electron chi connectivity index (χ3n) is 3.72. The Hall–Kier alpha value is -2.82. The van der Waals surface area contributed by atoms with Gasteiger partial charge in [0.1, 0.15) is 5.75 Å². The first kappa shape index (κ1) is 15.1. The Morgan fingerprint density at radius 3 is 2.74 bits per heavy atom. The Kier molecular flexibility index (Phi) is 4.28.